The van der Waals surface area contributed by atoms with Crippen molar-refractivity contribution in [3.63, 3.8) is 0 Å². The zero-order valence-electron chi connectivity index (χ0n) is 10.8. The lowest BCUT2D eigenvalue weighted by Gasteiger charge is -2.50. The lowest BCUT2D eigenvalue weighted by molar-refractivity contribution is -0.00267. The molecule has 14 heavy (non-hydrogen) atoms. The normalized spacial score (nSPS) is 14.2. The zero-order valence-corrected chi connectivity index (χ0v) is 10.8. The van der Waals surface area contributed by atoms with Gasteiger partial charge in [0.15, 0.2) is 0 Å². The van der Waals surface area contributed by atoms with Gasteiger partial charge in [-0.1, -0.05) is 48.5 Å². The van der Waals surface area contributed by atoms with E-state index in [9.17, 15) is 0 Å². The monoisotopic (exact) mass is 198 g/mol. The van der Waals surface area contributed by atoms with Crippen LogP contribution >= 0.6 is 0 Å². The molecule has 0 atom stereocenters. The van der Waals surface area contributed by atoms with Gasteiger partial charge in [0, 0.05) is 6.42 Å². The Morgan fingerprint density at radius 3 is 1.57 bits per heavy atom. The molecule has 0 aliphatic rings. The first-order chi connectivity index (χ1) is 5.92. The summed E-state index contributed by atoms with van der Waals surface area (Å²) in [6, 6.07) is 0. The SMILES string of the molecule is CC(C)(C)C(C)(C)C(C)(C)CC(=N)N. The van der Waals surface area contributed by atoms with Gasteiger partial charge in [-0.2, -0.15) is 0 Å². The van der Waals surface area contributed by atoms with Crippen LogP contribution in [-0.2, 0) is 0 Å². The van der Waals surface area contributed by atoms with Gasteiger partial charge >= 0.3 is 0 Å². The Labute approximate surface area is 88.8 Å². The Kier molecular flexibility index (Phi) is 3.42. The predicted molar refractivity (Wildman–Crippen MR) is 63.5 cm³/mol. The first-order valence-corrected chi connectivity index (χ1v) is 5.25. The molecule has 0 aromatic heterocycles. The average molecular weight is 198 g/mol. The molecule has 0 aliphatic heterocycles. The average Bonchev–Trinajstić information content (AvgIpc) is 1.80. The van der Waals surface area contributed by atoms with Crippen LogP contribution in [0.1, 0.15) is 54.9 Å². The van der Waals surface area contributed by atoms with Crippen molar-refractivity contribution >= 4 is 5.84 Å². The van der Waals surface area contributed by atoms with Crippen LogP contribution in [0.2, 0.25) is 0 Å². The maximum absolute atomic E-state index is 7.41. The van der Waals surface area contributed by atoms with E-state index < -0.39 is 0 Å². The van der Waals surface area contributed by atoms with Crippen molar-refractivity contribution in [2.24, 2.45) is 22.0 Å². The number of nitrogens with one attached hydrogen (secondary N) is 1. The van der Waals surface area contributed by atoms with Gasteiger partial charge in [-0.3, -0.25) is 5.41 Å². The van der Waals surface area contributed by atoms with Gasteiger partial charge in [0.05, 0.1) is 5.84 Å². The highest BCUT2D eigenvalue weighted by molar-refractivity contribution is 5.77. The molecule has 2 heteroatoms. The summed E-state index contributed by atoms with van der Waals surface area (Å²) in [7, 11) is 0. The largest absolute Gasteiger partial charge is 0.388 e. The molecule has 0 radical (unpaired) electrons. The van der Waals surface area contributed by atoms with E-state index in [-0.39, 0.29) is 22.1 Å². The summed E-state index contributed by atoms with van der Waals surface area (Å²) < 4.78 is 0. The number of hydrogen-bond acceptors (Lipinski definition) is 1. The van der Waals surface area contributed by atoms with Crippen LogP contribution in [0, 0.1) is 21.7 Å². The van der Waals surface area contributed by atoms with E-state index in [1.807, 2.05) is 0 Å². The third-order valence-corrected chi connectivity index (χ3v) is 4.20. The number of amidine groups is 1. The van der Waals surface area contributed by atoms with Crippen LogP contribution in [0.25, 0.3) is 0 Å². The van der Waals surface area contributed by atoms with E-state index in [2.05, 4.69) is 48.5 Å². The summed E-state index contributed by atoms with van der Waals surface area (Å²) >= 11 is 0. The van der Waals surface area contributed by atoms with E-state index >= 15 is 0 Å². The highest BCUT2D eigenvalue weighted by Gasteiger charge is 2.45. The van der Waals surface area contributed by atoms with Crippen molar-refractivity contribution < 1.29 is 0 Å². The number of nitrogens with two attached hydrogens (primary N) is 1. The van der Waals surface area contributed by atoms with E-state index in [0.717, 1.165) is 0 Å². The predicted octanol–water partition coefficient (Wildman–Crippen LogP) is 3.41. The molecule has 0 spiro atoms. The molecule has 0 amide bonds. The fraction of sp³-hybridized carbons (Fsp3) is 0.917. The molecule has 0 heterocycles. The van der Waals surface area contributed by atoms with Gasteiger partial charge < -0.3 is 5.73 Å². The van der Waals surface area contributed by atoms with Gasteiger partial charge in [0.25, 0.3) is 0 Å². The first-order valence-electron chi connectivity index (χ1n) is 5.25. The summed E-state index contributed by atoms with van der Waals surface area (Å²) in [6.07, 6.45) is 0.664. The lowest BCUT2D eigenvalue weighted by atomic mass is 9.54. The van der Waals surface area contributed by atoms with Gasteiger partial charge in [-0.15, -0.1) is 0 Å². The van der Waals surface area contributed by atoms with Crippen LogP contribution in [0.4, 0.5) is 0 Å². The topological polar surface area (TPSA) is 49.9 Å². The van der Waals surface area contributed by atoms with E-state index in [0.29, 0.717) is 6.42 Å². The van der Waals surface area contributed by atoms with Gasteiger partial charge in [0.2, 0.25) is 0 Å². The maximum atomic E-state index is 7.41. The molecule has 0 fully saturated rings. The van der Waals surface area contributed by atoms with Crippen molar-refractivity contribution in [3.8, 4) is 0 Å². The number of rotatable bonds is 3. The zero-order chi connectivity index (χ0) is 11.8. The standard InChI is InChI=1S/C12H26N2/c1-10(2,3)12(6,7)11(4,5)8-9(13)14/h8H2,1-7H3,(H3,13,14). The van der Waals surface area contributed by atoms with Crippen molar-refractivity contribution in [3.05, 3.63) is 0 Å². The van der Waals surface area contributed by atoms with E-state index in [1.165, 1.54) is 0 Å². The molecule has 0 unspecified atom stereocenters. The minimum Gasteiger partial charge on any atom is -0.388 e. The quantitative estimate of drug-likeness (QED) is 0.530. The summed E-state index contributed by atoms with van der Waals surface area (Å²) in [4.78, 5) is 0. The van der Waals surface area contributed by atoms with Crippen molar-refractivity contribution in [1.82, 2.24) is 0 Å². The lowest BCUT2D eigenvalue weighted by Crippen LogP contribution is -2.44. The second-order valence-electron chi connectivity index (χ2n) is 6.46. The highest BCUT2D eigenvalue weighted by Crippen LogP contribution is 2.52. The van der Waals surface area contributed by atoms with Crippen molar-refractivity contribution in [2.45, 2.75) is 54.9 Å². The molecular formula is C12H26N2. The molecule has 0 saturated carbocycles. The van der Waals surface area contributed by atoms with Crippen LogP contribution in [0.15, 0.2) is 0 Å². The van der Waals surface area contributed by atoms with Crippen LogP contribution in [0.3, 0.4) is 0 Å². The minimum atomic E-state index is 0.0527. The molecule has 0 aromatic rings. The summed E-state index contributed by atoms with van der Waals surface area (Å²) in [5, 5.41) is 7.41. The molecular weight excluding hydrogens is 172 g/mol. The Morgan fingerprint density at radius 2 is 1.36 bits per heavy atom. The molecule has 0 aliphatic carbocycles. The Balaban J connectivity index is 4.97. The summed E-state index contributed by atoms with van der Waals surface area (Å²) in [6.45, 7) is 15.6. The third kappa shape index (κ3) is 2.49. The first kappa shape index (κ1) is 13.5. The van der Waals surface area contributed by atoms with Crippen LogP contribution in [-0.4, -0.2) is 5.84 Å². The van der Waals surface area contributed by atoms with Crippen molar-refractivity contribution in [1.29, 1.82) is 5.41 Å². The minimum absolute atomic E-state index is 0.0527. The second-order valence-corrected chi connectivity index (χ2v) is 6.46. The summed E-state index contributed by atoms with van der Waals surface area (Å²) in [5.74, 6) is 0.285. The molecule has 0 saturated heterocycles. The molecule has 3 N–H and O–H groups in total. The second kappa shape index (κ2) is 3.56. The molecule has 0 aromatic carbocycles. The van der Waals surface area contributed by atoms with Crippen LogP contribution in [0.5, 0.6) is 0 Å². The maximum Gasteiger partial charge on any atom is 0.0910 e. The van der Waals surface area contributed by atoms with Gasteiger partial charge in [-0.25, -0.2) is 0 Å². The molecule has 2 nitrogen and oxygen atoms in total. The van der Waals surface area contributed by atoms with Gasteiger partial charge in [-0.05, 0) is 16.2 Å². The summed E-state index contributed by atoms with van der Waals surface area (Å²) in [5.41, 5.74) is 5.91. The number of hydrogen-bond donors (Lipinski definition) is 2. The fourth-order valence-corrected chi connectivity index (χ4v) is 1.71. The van der Waals surface area contributed by atoms with Crippen LogP contribution < -0.4 is 5.73 Å². The van der Waals surface area contributed by atoms with Crippen molar-refractivity contribution in [2.75, 3.05) is 0 Å². The Hall–Kier alpha value is -0.530. The van der Waals surface area contributed by atoms with Gasteiger partial charge in [0.1, 0.15) is 0 Å². The molecule has 84 valence electrons. The Morgan fingerprint density at radius 1 is 1.00 bits per heavy atom. The Bertz CT molecular complexity index is 219. The fourth-order valence-electron chi connectivity index (χ4n) is 1.71. The third-order valence-electron chi connectivity index (χ3n) is 4.20. The highest BCUT2D eigenvalue weighted by atomic mass is 14.7. The van der Waals surface area contributed by atoms with E-state index in [1.54, 1.807) is 0 Å². The van der Waals surface area contributed by atoms with E-state index in [4.69, 9.17) is 11.1 Å². The molecule has 0 bridgehead atoms. The smallest absolute Gasteiger partial charge is 0.0910 e. The molecule has 0 rings (SSSR count).